The maximum atomic E-state index is 13.6. The van der Waals surface area contributed by atoms with E-state index in [4.69, 9.17) is 11.6 Å². The van der Waals surface area contributed by atoms with Crippen LogP contribution in [0.1, 0.15) is 33.6 Å². The number of hydrazine groups is 1. The molecular weight excluding hydrogens is 385 g/mol. The van der Waals surface area contributed by atoms with E-state index < -0.39 is 23.5 Å². The lowest BCUT2D eigenvalue weighted by molar-refractivity contribution is -0.127. The van der Waals surface area contributed by atoms with Gasteiger partial charge in [0.25, 0.3) is 11.8 Å². The quantitative estimate of drug-likeness (QED) is 0.773. The van der Waals surface area contributed by atoms with Crippen LogP contribution < -0.4 is 10.9 Å². The normalized spacial score (nSPS) is 16.4. The van der Waals surface area contributed by atoms with Gasteiger partial charge in [-0.25, -0.2) is 4.39 Å². The molecule has 1 aliphatic rings. The molecule has 0 aliphatic carbocycles. The minimum absolute atomic E-state index is 0.161. The van der Waals surface area contributed by atoms with Gasteiger partial charge in [0.2, 0.25) is 5.91 Å². The summed E-state index contributed by atoms with van der Waals surface area (Å²) in [6.07, 6.45) is 1.25. The summed E-state index contributed by atoms with van der Waals surface area (Å²) in [5.74, 6) is -2.48. The number of hydrogen-bond acceptors (Lipinski definition) is 3. The topological polar surface area (TPSA) is 78.5 Å². The molecule has 0 radical (unpaired) electrons. The molecule has 2 aromatic rings. The first-order valence-electron chi connectivity index (χ1n) is 8.85. The van der Waals surface area contributed by atoms with Crippen LogP contribution in [0.4, 0.5) is 4.39 Å². The summed E-state index contributed by atoms with van der Waals surface area (Å²) >= 11 is 5.85. The van der Waals surface area contributed by atoms with Crippen LogP contribution in [0.5, 0.6) is 0 Å². The molecule has 8 heteroatoms. The standard InChI is InChI=1S/C20H19ClFN3O3/c21-15-9-7-13(8-10-15)20(28)25-11-3-4-14(12-25)18(26)23-24-19(27)16-5-1-2-6-17(16)22/h1-2,5-10,14H,3-4,11-12H2,(H,23,26)(H,24,27). The van der Waals surface area contributed by atoms with Gasteiger partial charge in [-0.1, -0.05) is 23.7 Å². The number of hydrogen-bond donors (Lipinski definition) is 2. The summed E-state index contributed by atoms with van der Waals surface area (Å²) in [5, 5.41) is 0.540. The number of halogens is 2. The van der Waals surface area contributed by atoms with Gasteiger partial charge < -0.3 is 4.90 Å². The molecule has 28 heavy (non-hydrogen) atoms. The summed E-state index contributed by atoms with van der Waals surface area (Å²) in [5.41, 5.74) is 4.88. The average Bonchev–Trinajstić information content (AvgIpc) is 2.72. The predicted octanol–water partition coefficient (Wildman–Crippen LogP) is 2.79. The summed E-state index contributed by atoms with van der Waals surface area (Å²) < 4.78 is 13.6. The predicted molar refractivity (Wildman–Crippen MR) is 102 cm³/mol. The monoisotopic (exact) mass is 403 g/mol. The number of piperidine rings is 1. The Labute approximate surface area is 166 Å². The largest absolute Gasteiger partial charge is 0.338 e. The van der Waals surface area contributed by atoms with E-state index in [1.54, 1.807) is 29.2 Å². The Bertz CT molecular complexity index is 889. The fourth-order valence-electron chi connectivity index (χ4n) is 3.08. The van der Waals surface area contributed by atoms with Gasteiger partial charge >= 0.3 is 0 Å². The lowest BCUT2D eigenvalue weighted by atomic mass is 9.96. The maximum absolute atomic E-state index is 13.6. The summed E-state index contributed by atoms with van der Waals surface area (Å²) in [7, 11) is 0. The van der Waals surface area contributed by atoms with E-state index in [-0.39, 0.29) is 18.0 Å². The molecule has 0 saturated carbocycles. The minimum Gasteiger partial charge on any atom is -0.338 e. The molecule has 1 saturated heterocycles. The van der Waals surface area contributed by atoms with E-state index in [9.17, 15) is 18.8 Å². The Balaban J connectivity index is 1.57. The minimum atomic E-state index is -0.739. The highest BCUT2D eigenvalue weighted by atomic mass is 35.5. The van der Waals surface area contributed by atoms with Crippen LogP contribution >= 0.6 is 11.6 Å². The molecule has 146 valence electrons. The van der Waals surface area contributed by atoms with Gasteiger partial charge in [-0.15, -0.1) is 0 Å². The molecule has 2 aromatic carbocycles. The second-order valence-corrected chi connectivity index (χ2v) is 6.96. The van der Waals surface area contributed by atoms with Gasteiger partial charge in [0, 0.05) is 23.7 Å². The number of amides is 3. The van der Waals surface area contributed by atoms with Gasteiger partial charge in [0.1, 0.15) is 5.82 Å². The highest BCUT2D eigenvalue weighted by Crippen LogP contribution is 2.19. The van der Waals surface area contributed by atoms with Crippen molar-refractivity contribution >= 4 is 29.3 Å². The Morgan fingerprint density at radius 1 is 1.04 bits per heavy atom. The highest BCUT2D eigenvalue weighted by molar-refractivity contribution is 6.30. The average molecular weight is 404 g/mol. The van der Waals surface area contributed by atoms with Gasteiger partial charge in [-0.3, -0.25) is 25.2 Å². The van der Waals surface area contributed by atoms with Crippen LogP contribution in [0, 0.1) is 11.7 Å². The second kappa shape index (κ2) is 8.84. The molecule has 1 unspecified atom stereocenters. The zero-order valence-electron chi connectivity index (χ0n) is 15.0. The first kappa shape index (κ1) is 19.8. The smallest absolute Gasteiger partial charge is 0.272 e. The maximum Gasteiger partial charge on any atom is 0.272 e. The molecule has 3 rings (SSSR count). The van der Waals surface area contributed by atoms with Gasteiger partial charge in [0.15, 0.2) is 0 Å². The number of nitrogens with zero attached hydrogens (tertiary/aromatic N) is 1. The Kier molecular flexibility index (Phi) is 6.26. The van der Waals surface area contributed by atoms with Gasteiger partial charge in [0.05, 0.1) is 11.5 Å². The fraction of sp³-hybridized carbons (Fsp3) is 0.250. The third kappa shape index (κ3) is 4.67. The molecule has 1 heterocycles. The van der Waals surface area contributed by atoms with Crippen molar-refractivity contribution in [2.75, 3.05) is 13.1 Å². The molecule has 1 fully saturated rings. The molecule has 1 aliphatic heterocycles. The SMILES string of the molecule is O=C(NNC(=O)C1CCCN(C(=O)c2ccc(Cl)cc2)C1)c1ccccc1F. The number of nitrogens with one attached hydrogen (secondary N) is 2. The third-order valence-corrected chi connectivity index (χ3v) is 4.84. The van der Waals surface area contributed by atoms with Crippen LogP contribution in [0.2, 0.25) is 5.02 Å². The lowest BCUT2D eigenvalue weighted by Crippen LogP contribution is -2.50. The first-order valence-corrected chi connectivity index (χ1v) is 9.23. The first-order chi connectivity index (χ1) is 13.5. The zero-order valence-corrected chi connectivity index (χ0v) is 15.7. The van der Waals surface area contributed by atoms with Gasteiger partial charge in [-0.2, -0.15) is 0 Å². The fourth-order valence-corrected chi connectivity index (χ4v) is 3.21. The van der Waals surface area contributed by atoms with E-state index in [1.165, 1.54) is 18.2 Å². The number of carbonyl (C=O) groups is 3. The number of rotatable bonds is 3. The number of benzene rings is 2. The van der Waals surface area contributed by atoms with Gasteiger partial charge in [-0.05, 0) is 49.2 Å². The Morgan fingerprint density at radius 2 is 1.75 bits per heavy atom. The highest BCUT2D eigenvalue weighted by Gasteiger charge is 2.29. The second-order valence-electron chi connectivity index (χ2n) is 6.52. The van der Waals surface area contributed by atoms with Crippen LogP contribution in [-0.2, 0) is 4.79 Å². The zero-order chi connectivity index (χ0) is 20.1. The molecule has 0 bridgehead atoms. The Hall–Kier alpha value is -2.93. The summed E-state index contributed by atoms with van der Waals surface area (Å²) in [6, 6.07) is 12.1. The lowest BCUT2D eigenvalue weighted by Gasteiger charge is -2.32. The Morgan fingerprint density at radius 3 is 2.46 bits per heavy atom. The molecule has 3 amide bonds. The van der Waals surface area contributed by atoms with E-state index in [0.717, 1.165) is 6.07 Å². The molecule has 6 nitrogen and oxygen atoms in total. The van der Waals surface area contributed by atoms with Crippen molar-refractivity contribution < 1.29 is 18.8 Å². The summed E-state index contributed by atoms with van der Waals surface area (Å²) in [6.45, 7) is 0.787. The van der Waals surface area contributed by atoms with Crippen molar-refractivity contribution in [2.45, 2.75) is 12.8 Å². The van der Waals surface area contributed by atoms with E-state index in [2.05, 4.69) is 10.9 Å². The van der Waals surface area contributed by atoms with E-state index >= 15 is 0 Å². The van der Waals surface area contributed by atoms with Crippen molar-refractivity contribution in [2.24, 2.45) is 5.92 Å². The molecule has 0 spiro atoms. The van der Waals surface area contributed by atoms with Crippen molar-refractivity contribution in [3.05, 3.63) is 70.5 Å². The van der Waals surface area contributed by atoms with Crippen LogP contribution in [0.25, 0.3) is 0 Å². The van der Waals surface area contributed by atoms with Crippen molar-refractivity contribution in [1.82, 2.24) is 15.8 Å². The van der Waals surface area contributed by atoms with Crippen molar-refractivity contribution in [3.8, 4) is 0 Å². The van der Waals surface area contributed by atoms with E-state index in [1.807, 2.05) is 0 Å². The molecular formula is C20H19ClFN3O3. The van der Waals surface area contributed by atoms with Crippen LogP contribution in [0.3, 0.4) is 0 Å². The summed E-state index contributed by atoms with van der Waals surface area (Å²) in [4.78, 5) is 38.6. The molecule has 1 atom stereocenters. The van der Waals surface area contributed by atoms with Crippen LogP contribution in [-0.4, -0.2) is 35.7 Å². The van der Waals surface area contributed by atoms with E-state index in [0.29, 0.717) is 30.0 Å². The number of likely N-dealkylation sites (tertiary alicyclic amines) is 1. The third-order valence-electron chi connectivity index (χ3n) is 4.59. The molecule has 0 aromatic heterocycles. The van der Waals surface area contributed by atoms with Crippen molar-refractivity contribution in [1.29, 1.82) is 0 Å². The number of carbonyl (C=O) groups excluding carboxylic acids is 3. The van der Waals surface area contributed by atoms with Crippen molar-refractivity contribution in [3.63, 3.8) is 0 Å². The van der Waals surface area contributed by atoms with Crippen LogP contribution in [0.15, 0.2) is 48.5 Å². The molecule has 2 N–H and O–H groups in total.